The molecule has 0 aromatic rings. The number of nitrogens with zero attached hydrogens (tertiary/aromatic N) is 2. The van der Waals surface area contributed by atoms with Crippen molar-refractivity contribution in [2.75, 3.05) is 0 Å². The van der Waals surface area contributed by atoms with E-state index in [1.54, 1.807) is 6.08 Å². The summed E-state index contributed by atoms with van der Waals surface area (Å²) in [5, 5.41) is 6.41. The maximum Gasteiger partial charge on any atom is 0.155 e. The van der Waals surface area contributed by atoms with Crippen molar-refractivity contribution in [1.29, 1.82) is 0 Å². The van der Waals surface area contributed by atoms with Crippen molar-refractivity contribution in [1.82, 2.24) is 16.1 Å². The zero-order valence-electron chi connectivity index (χ0n) is 8.34. The summed E-state index contributed by atoms with van der Waals surface area (Å²) >= 11 is 11.6. The Labute approximate surface area is 99.2 Å². The zero-order chi connectivity index (χ0) is 10.7. The fraction of sp³-hybridized carbons (Fsp3) is 0.667. The van der Waals surface area contributed by atoms with Gasteiger partial charge in [-0.1, -0.05) is 42.5 Å². The molecule has 84 valence electrons. The van der Waals surface area contributed by atoms with Gasteiger partial charge in [0.15, 0.2) is 5.17 Å². The molecule has 0 saturated heterocycles. The highest BCUT2D eigenvalue weighted by molar-refractivity contribution is 6.69. The van der Waals surface area contributed by atoms with Crippen molar-refractivity contribution < 1.29 is 0 Å². The molecule has 1 heterocycles. The smallest absolute Gasteiger partial charge is 0.155 e. The van der Waals surface area contributed by atoms with Crippen LogP contribution in [0.1, 0.15) is 32.1 Å². The predicted molar refractivity (Wildman–Crippen MR) is 62.2 cm³/mol. The first kappa shape index (κ1) is 11.0. The first-order valence-corrected chi connectivity index (χ1v) is 5.94. The summed E-state index contributed by atoms with van der Waals surface area (Å²) in [4.78, 5) is 0. The van der Waals surface area contributed by atoms with E-state index >= 15 is 0 Å². The van der Waals surface area contributed by atoms with Gasteiger partial charge in [0.2, 0.25) is 0 Å². The van der Waals surface area contributed by atoms with E-state index in [-0.39, 0.29) is 0 Å². The summed E-state index contributed by atoms with van der Waals surface area (Å²) in [7, 11) is 0. The molecule has 0 spiro atoms. The van der Waals surface area contributed by atoms with Crippen LogP contribution < -0.4 is 10.9 Å². The van der Waals surface area contributed by atoms with Gasteiger partial charge in [-0.15, -0.1) is 10.3 Å². The van der Waals surface area contributed by atoms with E-state index in [1.165, 1.54) is 37.3 Å². The van der Waals surface area contributed by atoms with E-state index in [4.69, 9.17) is 23.2 Å². The number of nitrogens with one attached hydrogen (secondary N) is 2. The lowest BCUT2D eigenvalue weighted by molar-refractivity contribution is 0.101. The Bertz CT molecular complexity index is 284. The maximum atomic E-state index is 5.83. The molecule has 0 bridgehead atoms. The molecule has 1 saturated carbocycles. The quantitative estimate of drug-likeness (QED) is 0.737. The van der Waals surface area contributed by atoms with E-state index in [0.717, 1.165) is 0 Å². The van der Waals surface area contributed by atoms with Crippen molar-refractivity contribution >= 4 is 28.4 Å². The molecule has 2 N–H and O–H groups in total. The third kappa shape index (κ3) is 3.26. The van der Waals surface area contributed by atoms with Crippen LogP contribution in [-0.2, 0) is 0 Å². The second-order valence-electron chi connectivity index (χ2n) is 3.80. The normalized spacial score (nSPS) is 23.2. The summed E-state index contributed by atoms with van der Waals surface area (Å²) in [6, 6.07) is 0.460. The first-order valence-electron chi connectivity index (χ1n) is 5.18. The first-order chi connectivity index (χ1) is 7.24. The molecule has 1 aliphatic carbocycles. The summed E-state index contributed by atoms with van der Waals surface area (Å²) in [5.74, 6) is 0. The number of allylic oxidation sites excluding steroid dienone is 1. The van der Waals surface area contributed by atoms with Gasteiger partial charge in [-0.2, -0.15) is 5.43 Å². The number of rotatable bonds is 2. The number of hydrazine groups is 2. The fourth-order valence-corrected chi connectivity index (χ4v) is 2.28. The Morgan fingerprint density at radius 1 is 1.33 bits per heavy atom. The average Bonchev–Trinajstić information content (AvgIpc) is 2.17. The van der Waals surface area contributed by atoms with Gasteiger partial charge >= 0.3 is 0 Å². The monoisotopic (exact) mass is 248 g/mol. The molecule has 15 heavy (non-hydrogen) atoms. The Hall–Kier alpha value is -0.450. The molecule has 2 rings (SSSR count). The van der Waals surface area contributed by atoms with Gasteiger partial charge < -0.3 is 0 Å². The lowest BCUT2D eigenvalue weighted by Crippen LogP contribution is -2.50. The second-order valence-corrected chi connectivity index (χ2v) is 4.60. The molecule has 0 unspecified atom stereocenters. The van der Waals surface area contributed by atoms with Crippen LogP contribution in [0.25, 0.3) is 0 Å². The second kappa shape index (κ2) is 5.05. The molecule has 1 aliphatic heterocycles. The third-order valence-corrected chi connectivity index (χ3v) is 2.94. The molecule has 0 radical (unpaired) electrons. The predicted octanol–water partition coefficient (Wildman–Crippen LogP) is 2.28. The number of hydrogen-bond donors (Lipinski definition) is 2. The van der Waals surface area contributed by atoms with E-state index in [9.17, 15) is 0 Å². The van der Waals surface area contributed by atoms with Crippen LogP contribution in [0.4, 0.5) is 0 Å². The van der Waals surface area contributed by atoms with E-state index < -0.39 is 0 Å². The highest BCUT2D eigenvalue weighted by Gasteiger charge is 2.17. The molecule has 1 fully saturated rings. The zero-order valence-corrected chi connectivity index (χ0v) is 9.85. The Morgan fingerprint density at radius 3 is 2.73 bits per heavy atom. The Morgan fingerprint density at radius 2 is 2.07 bits per heavy atom. The van der Waals surface area contributed by atoms with Crippen molar-refractivity contribution in [2.45, 2.75) is 38.1 Å². The van der Waals surface area contributed by atoms with Crippen LogP contribution in [0.15, 0.2) is 16.3 Å². The van der Waals surface area contributed by atoms with Crippen molar-refractivity contribution in [2.24, 2.45) is 5.10 Å². The number of hydrogen-bond acceptors (Lipinski definition) is 4. The van der Waals surface area contributed by atoms with Gasteiger partial charge in [0.25, 0.3) is 0 Å². The van der Waals surface area contributed by atoms with Crippen LogP contribution in [0.2, 0.25) is 0 Å². The summed E-state index contributed by atoms with van der Waals surface area (Å²) in [6.45, 7) is 0. The lowest BCUT2D eigenvalue weighted by atomic mass is 9.96. The van der Waals surface area contributed by atoms with E-state index in [2.05, 4.69) is 16.0 Å². The molecule has 4 nitrogen and oxygen atoms in total. The van der Waals surface area contributed by atoms with Crippen LogP contribution in [0, 0.1) is 0 Å². The SMILES string of the molecule is ClC1=CC(Cl)=NN(NC2CCCCC2)N1. The van der Waals surface area contributed by atoms with Gasteiger partial charge in [-0.05, 0) is 12.8 Å². The van der Waals surface area contributed by atoms with Crippen LogP contribution in [0.5, 0.6) is 0 Å². The maximum absolute atomic E-state index is 5.83. The summed E-state index contributed by atoms with van der Waals surface area (Å²) < 4.78 is 0. The number of hydrazone groups is 1. The molecule has 0 amide bonds. The minimum atomic E-state index is 0.377. The van der Waals surface area contributed by atoms with Crippen LogP contribution in [0.3, 0.4) is 0 Å². The van der Waals surface area contributed by atoms with Crippen LogP contribution >= 0.6 is 23.2 Å². The van der Waals surface area contributed by atoms with Crippen molar-refractivity contribution in [3.8, 4) is 0 Å². The summed E-state index contributed by atoms with van der Waals surface area (Å²) in [5.41, 5.74) is 6.11. The van der Waals surface area contributed by atoms with Gasteiger partial charge in [-0.25, -0.2) is 0 Å². The third-order valence-electron chi connectivity index (χ3n) is 2.56. The van der Waals surface area contributed by atoms with E-state index in [1.807, 2.05) is 0 Å². The molecule has 2 aliphatic rings. The molecule has 0 atom stereocenters. The van der Waals surface area contributed by atoms with Gasteiger partial charge in [0.05, 0.1) is 0 Å². The highest BCUT2D eigenvalue weighted by Crippen LogP contribution is 2.18. The van der Waals surface area contributed by atoms with Crippen LogP contribution in [-0.4, -0.2) is 16.4 Å². The topological polar surface area (TPSA) is 39.7 Å². The Balaban J connectivity index is 1.87. The van der Waals surface area contributed by atoms with Crippen molar-refractivity contribution in [3.05, 3.63) is 11.2 Å². The highest BCUT2D eigenvalue weighted by atomic mass is 35.5. The molecule has 0 aromatic carbocycles. The fourth-order valence-electron chi connectivity index (χ4n) is 1.85. The van der Waals surface area contributed by atoms with Gasteiger partial charge in [0, 0.05) is 12.1 Å². The molecular weight excluding hydrogens is 235 g/mol. The largest absolute Gasteiger partial charge is 0.256 e. The van der Waals surface area contributed by atoms with E-state index in [0.29, 0.717) is 16.4 Å². The molecule has 6 heteroatoms. The average molecular weight is 249 g/mol. The molecule has 0 aromatic heterocycles. The van der Waals surface area contributed by atoms with Gasteiger partial charge in [0.1, 0.15) is 5.16 Å². The molecular formula is C9H14Cl2N4. The standard InChI is InChI=1S/C9H14Cl2N4/c10-8-6-9(11)14-15(13-8)12-7-4-2-1-3-5-7/h6-7,12-13H,1-5H2. The lowest BCUT2D eigenvalue weighted by Gasteiger charge is -2.30. The Kier molecular flexibility index (Phi) is 3.72. The van der Waals surface area contributed by atoms with Crippen molar-refractivity contribution in [3.63, 3.8) is 0 Å². The minimum Gasteiger partial charge on any atom is -0.256 e. The summed E-state index contributed by atoms with van der Waals surface area (Å²) in [6.07, 6.45) is 7.79. The number of halogens is 2. The minimum absolute atomic E-state index is 0.377. The van der Waals surface area contributed by atoms with Gasteiger partial charge in [-0.3, -0.25) is 5.43 Å².